The highest BCUT2D eigenvalue weighted by Gasteiger charge is 2.25. The standard InChI is InChI=1S/C16H19N3O4/c1-10(23-16(20)11-5-3-2-4-6-11)15-17-13-8-7-12(19(21)22)9-14(13)18-15/h7-11H,2-6H2,1H3,(H,17,18)/t10-/m1/s1. The highest BCUT2D eigenvalue weighted by Crippen LogP contribution is 2.28. The maximum Gasteiger partial charge on any atom is 0.309 e. The molecule has 1 aromatic heterocycles. The molecule has 2 aromatic rings. The zero-order chi connectivity index (χ0) is 16.4. The Morgan fingerprint density at radius 2 is 2.13 bits per heavy atom. The first-order chi connectivity index (χ1) is 11.0. The zero-order valence-corrected chi connectivity index (χ0v) is 12.9. The number of rotatable bonds is 4. The highest BCUT2D eigenvalue weighted by molar-refractivity contribution is 5.78. The summed E-state index contributed by atoms with van der Waals surface area (Å²) in [6.07, 6.45) is 4.60. The van der Waals surface area contributed by atoms with Crippen molar-refractivity contribution in [2.75, 3.05) is 0 Å². The Morgan fingerprint density at radius 3 is 2.83 bits per heavy atom. The van der Waals surface area contributed by atoms with E-state index in [2.05, 4.69) is 9.97 Å². The molecule has 1 aliphatic rings. The van der Waals surface area contributed by atoms with Crippen LogP contribution in [0.15, 0.2) is 18.2 Å². The summed E-state index contributed by atoms with van der Waals surface area (Å²) in [5.41, 5.74) is 1.18. The molecular weight excluding hydrogens is 298 g/mol. The Morgan fingerprint density at radius 1 is 1.39 bits per heavy atom. The first-order valence-corrected chi connectivity index (χ1v) is 7.89. The lowest BCUT2D eigenvalue weighted by Gasteiger charge is -2.21. The zero-order valence-electron chi connectivity index (χ0n) is 12.9. The van der Waals surface area contributed by atoms with Crippen LogP contribution in [0.5, 0.6) is 0 Å². The van der Waals surface area contributed by atoms with Gasteiger partial charge in [-0.1, -0.05) is 19.3 Å². The fourth-order valence-corrected chi connectivity index (χ4v) is 2.99. The summed E-state index contributed by atoms with van der Waals surface area (Å²) < 4.78 is 5.52. The fourth-order valence-electron chi connectivity index (χ4n) is 2.99. The quantitative estimate of drug-likeness (QED) is 0.527. The van der Waals surface area contributed by atoms with Crippen molar-refractivity contribution in [3.63, 3.8) is 0 Å². The van der Waals surface area contributed by atoms with Gasteiger partial charge in [-0.2, -0.15) is 0 Å². The van der Waals surface area contributed by atoms with Crippen LogP contribution >= 0.6 is 0 Å². The average molecular weight is 317 g/mol. The second-order valence-corrected chi connectivity index (χ2v) is 5.99. The van der Waals surface area contributed by atoms with Crippen LogP contribution in [0.25, 0.3) is 11.0 Å². The van der Waals surface area contributed by atoms with Crippen LogP contribution in [0, 0.1) is 16.0 Å². The Kier molecular flexibility index (Phi) is 4.27. The Hall–Kier alpha value is -2.44. The van der Waals surface area contributed by atoms with Crippen molar-refractivity contribution in [2.24, 2.45) is 5.92 Å². The van der Waals surface area contributed by atoms with Gasteiger partial charge in [0.05, 0.1) is 21.9 Å². The van der Waals surface area contributed by atoms with Crippen LogP contribution in [-0.4, -0.2) is 20.9 Å². The van der Waals surface area contributed by atoms with E-state index in [1.807, 2.05) is 0 Å². The van der Waals surface area contributed by atoms with Gasteiger partial charge in [-0.3, -0.25) is 14.9 Å². The number of ether oxygens (including phenoxy) is 1. The number of benzene rings is 1. The van der Waals surface area contributed by atoms with Crippen LogP contribution in [-0.2, 0) is 9.53 Å². The lowest BCUT2D eigenvalue weighted by Crippen LogP contribution is -2.22. The maximum atomic E-state index is 12.2. The molecule has 0 spiro atoms. The number of hydrogen-bond donors (Lipinski definition) is 1. The van der Waals surface area contributed by atoms with Gasteiger partial charge in [-0.05, 0) is 25.8 Å². The van der Waals surface area contributed by atoms with Gasteiger partial charge in [-0.15, -0.1) is 0 Å². The summed E-state index contributed by atoms with van der Waals surface area (Å²) >= 11 is 0. The van der Waals surface area contributed by atoms with E-state index in [-0.39, 0.29) is 17.6 Å². The van der Waals surface area contributed by atoms with Gasteiger partial charge in [0.15, 0.2) is 6.10 Å². The number of carbonyl (C=O) groups is 1. The number of nitrogens with one attached hydrogen (secondary N) is 1. The number of aromatic nitrogens is 2. The van der Waals surface area contributed by atoms with E-state index in [1.54, 1.807) is 13.0 Å². The van der Waals surface area contributed by atoms with E-state index in [1.165, 1.54) is 18.6 Å². The number of nitro benzene ring substituents is 1. The second-order valence-electron chi connectivity index (χ2n) is 5.99. The normalized spacial score (nSPS) is 17.1. The smallest absolute Gasteiger partial charge is 0.309 e. The van der Waals surface area contributed by atoms with Crippen molar-refractivity contribution in [2.45, 2.75) is 45.1 Å². The summed E-state index contributed by atoms with van der Waals surface area (Å²) in [5.74, 6) is 0.310. The van der Waals surface area contributed by atoms with E-state index >= 15 is 0 Å². The Balaban J connectivity index is 1.73. The Labute approximate surface area is 133 Å². The first kappa shape index (κ1) is 15.5. The molecule has 1 aromatic carbocycles. The molecule has 1 N–H and O–H groups in total. The summed E-state index contributed by atoms with van der Waals surface area (Å²) in [7, 11) is 0. The minimum absolute atomic E-state index is 0.000413. The van der Waals surface area contributed by atoms with Gasteiger partial charge in [-0.25, -0.2) is 4.98 Å². The number of non-ortho nitro benzene ring substituents is 1. The number of fused-ring (bicyclic) bond motifs is 1. The van der Waals surface area contributed by atoms with Crippen molar-refractivity contribution in [1.82, 2.24) is 9.97 Å². The van der Waals surface area contributed by atoms with Gasteiger partial charge >= 0.3 is 5.97 Å². The van der Waals surface area contributed by atoms with Crippen LogP contribution in [0.1, 0.15) is 51.0 Å². The third-order valence-corrected chi connectivity index (χ3v) is 4.31. The molecule has 0 amide bonds. The van der Waals surface area contributed by atoms with E-state index in [0.717, 1.165) is 25.7 Å². The van der Waals surface area contributed by atoms with Gasteiger partial charge in [0.25, 0.3) is 5.69 Å². The van der Waals surface area contributed by atoms with Gasteiger partial charge in [0.2, 0.25) is 0 Å². The van der Waals surface area contributed by atoms with Crippen molar-refractivity contribution in [1.29, 1.82) is 0 Å². The number of nitrogens with zero attached hydrogens (tertiary/aromatic N) is 2. The third kappa shape index (κ3) is 3.33. The minimum atomic E-state index is -0.504. The molecule has 1 fully saturated rings. The molecule has 7 nitrogen and oxygen atoms in total. The molecule has 1 aliphatic carbocycles. The number of imidazole rings is 1. The van der Waals surface area contributed by atoms with Crippen LogP contribution in [0.2, 0.25) is 0 Å². The molecule has 0 radical (unpaired) electrons. The van der Waals surface area contributed by atoms with Crippen LogP contribution in [0.3, 0.4) is 0 Å². The molecule has 0 aliphatic heterocycles. The van der Waals surface area contributed by atoms with E-state index in [4.69, 9.17) is 4.74 Å². The molecule has 3 rings (SSSR count). The largest absolute Gasteiger partial charge is 0.454 e. The van der Waals surface area contributed by atoms with Gasteiger partial charge in [0.1, 0.15) is 5.82 Å². The number of nitro groups is 1. The lowest BCUT2D eigenvalue weighted by molar-refractivity contribution is -0.384. The second kappa shape index (κ2) is 6.36. The summed E-state index contributed by atoms with van der Waals surface area (Å²) in [4.78, 5) is 29.9. The Bertz CT molecular complexity index is 734. The summed E-state index contributed by atoms with van der Waals surface area (Å²) in [5, 5.41) is 10.8. The lowest BCUT2D eigenvalue weighted by atomic mass is 9.89. The fraction of sp³-hybridized carbons (Fsp3) is 0.500. The number of H-pyrrole nitrogens is 1. The molecular formula is C16H19N3O4. The molecule has 1 heterocycles. The van der Waals surface area contributed by atoms with Gasteiger partial charge < -0.3 is 9.72 Å². The summed E-state index contributed by atoms with van der Waals surface area (Å²) in [6.45, 7) is 1.76. The highest BCUT2D eigenvalue weighted by atomic mass is 16.6. The first-order valence-electron chi connectivity index (χ1n) is 7.89. The van der Waals surface area contributed by atoms with Crippen molar-refractivity contribution in [3.05, 3.63) is 34.1 Å². The van der Waals surface area contributed by atoms with Crippen molar-refractivity contribution >= 4 is 22.7 Å². The molecule has 122 valence electrons. The average Bonchev–Trinajstić information content (AvgIpc) is 2.98. The predicted octanol–water partition coefficient (Wildman–Crippen LogP) is 3.66. The topological polar surface area (TPSA) is 98.1 Å². The number of esters is 1. The van der Waals surface area contributed by atoms with Gasteiger partial charge in [0, 0.05) is 12.1 Å². The SMILES string of the molecule is C[C@@H](OC(=O)C1CCCCC1)c1nc2ccc([N+](=O)[O-])cc2[nH]1. The van der Waals surface area contributed by atoms with Crippen molar-refractivity contribution < 1.29 is 14.5 Å². The van der Waals surface area contributed by atoms with Crippen molar-refractivity contribution in [3.8, 4) is 0 Å². The van der Waals surface area contributed by atoms with E-state index < -0.39 is 11.0 Å². The molecule has 0 bridgehead atoms. The van der Waals surface area contributed by atoms with Crippen LogP contribution < -0.4 is 0 Å². The molecule has 1 saturated carbocycles. The number of aromatic amines is 1. The van der Waals surface area contributed by atoms with E-state index in [0.29, 0.717) is 16.9 Å². The van der Waals surface area contributed by atoms with E-state index in [9.17, 15) is 14.9 Å². The monoisotopic (exact) mass is 317 g/mol. The third-order valence-electron chi connectivity index (χ3n) is 4.31. The molecule has 7 heteroatoms. The predicted molar refractivity (Wildman–Crippen MR) is 83.8 cm³/mol. The molecule has 23 heavy (non-hydrogen) atoms. The molecule has 0 unspecified atom stereocenters. The van der Waals surface area contributed by atoms with Crippen LogP contribution in [0.4, 0.5) is 5.69 Å². The molecule has 0 saturated heterocycles. The maximum absolute atomic E-state index is 12.2. The summed E-state index contributed by atoms with van der Waals surface area (Å²) in [6, 6.07) is 4.43. The minimum Gasteiger partial charge on any atom is -0.454 e. The molecule has 1 atom stereocenters. The number of carbonyl (C=O) groups excluding carboxylic acids is 1. The number of hydrogen-bond acceptors (Lipinski definition) is 5.